The predicted molar refractivity (Wildman–Crippen MR) is 100 cm³/mol. The molecule has 1 aromatic carbocycles. The van der Waals surface area contributed by atoms with Crippen molar-refractivity contribution in [3.8, 4) is 16.9 Å². The summed E-state index contributed by atoms with van der Waals surface area (Å²) in [4.78, 5) is 20.8. The number of nitrogens with zero attached hydrogens (tertiary/aromatic N) is 2. The zero-order chi connectivity index (χ0) is 18.1. The van der Waals surface area contributed by atoms with E-state index < -0.39 is 0 Å². The van der Waals surface area contributed by atoms with E-state index in [9.17, 15) is 4.79 Å². The Hall–Kier alpha value is -2.47. The molecule has 1 atom stereocenters. The summed E-state index contributed by atoms with van der Waals surface area (Å²) in [5.74, 6) is 1.08. The van der Waals surface area contributed by atoms with E-state index in [-0.39, 0.29) is 17.9 Å². The second kappa shape index (κ2) is 7.03. The summed E-state index contributed by atoms with van der Waals surface area (Å²) in [5.41, 5.74) is 4.49. The molecule has 6 nitrogen and oxygen atoms in total. The van der Waals surface area contributed by atoms with Gasteiger partial charge in [0.1, 0.15) is 18.2 Å². The summed E-state index contributed by atoms with van der Waals surface area (Å²) >= 11 is 0. The maximum Gasteiger partial charge on any atom is 0.227 e. The third-order valence-corrected chi connectivity index (χ3v) is 5.00. The van der Waals surface area contributed by atoms with Crippen LogP contribution in [0.1, 0.15) is 30.7 Å². The Balaban J connectivity index is 1.71. The number of carbonyl (C=O) groups is 1. The van der Waals surface area contributed by atoms with Crippen molar-refractivity contribution >= 4 is 11.6 Å². The van der Waals surface area contributed by atoms with Gasteiger partial charge in [0.05, 0.1) is 0 Å². The monoisotopic (exact) mass is 352 g/mol. The third-order valence-electron chi connectivity index (χ3n) is 5.00. The van der Waals surface area contributed by atoms with Crippen LogP contribution < -0.4 is 15.4 Å². The molecule has 6 heteroatoms. The van der Waals surface area contributed by atoms with Gasteiger partial charge < -0.3 is 15.4 Å². The number of hydrogen-bond acceptors (Lipinski definition) is 5. The minimum absolute atomic E-state index is 0.0994. The van der Waals surface area contributed by atoms with Gasteiger partial charge in [-0.2, -0.15) is 0 Å². The van der Waals surface area contributed by atoms with E-state index in [4.69, 9.17) is 4.74 Å². The largest absolute Gasteiger partial charge is 0.488 e. The maximum absolute atomic E-state index is 12.1. The van der Waals surface area contributed by atoms with Gasteiger partial charge in [-0.3, -0.25) is 4.79 Å². The molecule has 2 fully saturated rings. The lowest BCUT2D eigenvalue weighted by Gasteiger charge is -2.19. The first kappa shape index (κ1) is 17.0. The van der Waals surface area contributed by atoms with E-state index in [0.717, 1.165) is 66.3 Å². The van der Waals surface area contributed by atoms with E-state index in [2.05, 4.69) is 20.6 Å². The van der Waals surface area contributed by atoms with Crippen molar-refractivity contribution in [1.82, 2.24) is 15.3 Å². The van der Waals surface area contributed by atoms with Crippen LogP contribution in [0.25, 0.3) is 11.1 Å². The fourth-order valence-electron chi connectivity index (χ4n) is 3.39. The van der Waals surface area contributed by atoms with Crippen LogP contribution in [0.3, 0.4) is 0 Å². The second-order valence-corrected chi connectivity index (χ2v) is 7.13. The Morgan fingerprint density at radius 1 is 1.19 bits per heavy atom. The molecule has 1 aromatic heterocycles. The molecule has 1 aliphatic carbocycles. The maximum atomic E-state index is 12.1. The highest BCUT2D eigenvalue weighted by atomic mass is 16.5. The molecule has 2 N–H and O–H groups in total. The highest BCUT2D eigenvalue weighted by molar-refractivity contribution is 5.95. The summed E-state index contributed by atoms with van der Waals surface area (Å²) < 4.78 is 6.26. The summed E-state index contributed by atoms with van der Waals surface area (Å²) in [5, 5.41) is 6.35. The first-order valence-electron chi connectivity index (χ1n) is 9.22. The molecular weight excluding hydrogens is 328 g/mol. The van der Waals surface area contributed by atoms with Gasteiger partial charge in [0.2, 0.25) is 5.91 Å². The Labute approximate surface area is 153 Å². The molecule has 136 valence electrons. The van der Waals surface area contributed by atoms with Crippen LogP contribution in [-0.2, 0) is 4.79 Å². The second-order valence-electron chi connectivity index (χ2n) is 7.13. The number of amides is 1. The fraction of sp³-hybridized carbons (Fsp3) is 0.450. The standard InChI is InChI=1S/C20H24N4O2/c1-12-19(13(2)23-11-22-12)17-9-15(24-20(25)14-3-4-14)5-6-18(17)26-16-7-8-21-10-16/h5-6,9,11,14,16,21H,3-4,7-8,10H2,1-2H3,(H,24,25)/t16-/m0/s1. The van der Waals surface area contributed by atoms with E-state index in [0.29, 0.717) is 0 Å². The SMILES string of the molecule is Cc1ncnc(C)c1-c1cc(NC(=O)C2CC2)ccc1O[C@H]1CCNC1. The molecule has 0 spiro atoms. The van der Waals surface area contributed by atoms with Crippen LogP contribution in [0.5, 0.6) is 5.75 Å². The first-order chi connectivity index (χ1) is 12.6. The summed E-state index contributed by atoms with van der Waals surface area (Å²) in [6.07, 6.45) is 4.70. The van der Waals surface area contributed by atoms with Crippen molar-refractivity contribution < 1.29 is 9.53 Å². The summed E-state index contributed by atoms with van der Waals surface area (Å²) in [7, 11) is 0. The van der Waals surface area contributed by atoms with Gasteiger partial charge >= 0.3 is 0 Å². The molecule has 1 amide bonds. The zero-order valence-electron chi connectivity index (χ0n) is 15.2. The van der Waals surface area contributed by atoms with Crippen LogP contribution in [-0.4, -0.2) is 35.1 Å². The fourth-order valence-corrected chi connectivity index (χ4v) is 3.39. The lowest BCUT2D eigenvalue weighted by Crippen LogP contribution is -2.20. The van der Waals surface area contributed by atoms with E-state index >= 15 is 0 Å². The van der Waals surface area contributed by atoms with Crippen LogP contribution in [0.15, 0.2) is 24.5 Å². The van der Waals surface area contributed by atoms with Crippen molar-refractivity contribution in [1.29, 1.82) is 0 Å². The number of aromatic nitrogens is 2. The Kier molecular flexibility index (Phi) is 4.59. The summed E-state index contributed by atoms with van der Waals surface area (Å²) in [6, 6.07) is 5.84. The lowest BCUT2D eigenvalue weighted by atomic mass is 10.0. The number of nitrogens with one attached hydrogen (secondary N) is 2. The topological polar surface area (TPSA) is 76.1 Å². The molecule has 26 heavy (non-hydrogen) atoms. The minimum Gasteiger partial charge on any atom is -0.488 e. The Bertz CT molecular complexity index is 806. The summed E-state index contributed by atoms with van der Waals surface area (Å²) in [6.45, 7) is 5.77. The van der Waals surface area contributed by atoms with Gasteiger partial charge in [-0.25, -0.2) is 9.97 Å². The number of carbonyl (C=O) groups excluding carboxylic acids is 1. The number of ether oxygens (including phenoxy) is 1. The highest BCUT2D eigenvalue weighted by Gasteiger charge is 2.30. The molecule has 2 aliphatic rings. The molecule has 1 saturated heterocycles. The third kappa shape index (κ3) is 3.55. The molecule has 1 saturated carbocycles. The van der Waals surface area contributed by atoms with Crippen molar-refractivity contribution in [3.05, 3.63) is 35.9 Å². The lowest BCUT2D eigenvalue weighted by molar-refractivity contribution is -0.117. The van der Waals surface area contributed by atoms with Crippen LogP contribution >= 0.6 is 0 Å². The average Bonchev–Trinajstić information content (AvgIpc) is 3.35. The normalized spacial score (nSPS) is 19.4. The van der Waals surface area contributed by atoms with Gasteiger partial charge in [0, 0.05) is 40.7 Å². The molecule has 2 aromatic rings. The molecular formula is C20H24N4O2. The Morgan fingerprint density at radius 3 is 2.62 bits per heavy atom. The van der Waals surface area contributed by atoms with Gasteiger partial charge in [0.15, 0.2) is 0 Å². The average molecular weight is 352 g/mol. The van der Waals surface area contributed by atoms with Crippen LogP contribution in [0, 0.1) is 19.8 Å². The van der Waals surface area contributed by atoms with Crippen LogP contribution in [0.2, 0.25) is 0 Å². The van der Waals surface area contributed by atoms with Gasteiger partial charge in [-0.1, -0.05) is 0 Å². The van der Waals surface area contributed by atoms with Crippen LogP contribution in [0.4, 0.5) is 5.69 Å². The Morgan fingerprint density at radius 2 is 1.96 bits per heavy atom. The molecule has 1 aliphatic heterocycles. The van der Waals surface area contributed by atoms with Gasteiger partial charge in [-0.05, 0) is 57.9 Å². The molecule has 0 bridgehead atoms. The number of aryl methyl sites for hydroxylation is 2. The first-order valence-corrected chi connectivity index (χ1v) is 9.22. The highest BCUT2D eigenvalue weighted by Crippen LogP contribution is 2.37. The number of benzene rings is 1. The quantitative estimate of drug-likeness (QED) is 0.865. The number of hydrogen-bond donors (Lipinski definition) is 2. The van der Waals surface area contributed by atoms with E-state index in [1.165, 1.54) is 0 Å². The van der Waals surface area contributed by atoms with Crippen molar-refractivity contribution in [2.45, 2.75) is 39.2 Å². The molecule has 4 rings (SSSR count). The van der Waals surface area contributed by atoms with Gasteiger partial charge in [-0.15, -0.1) is 0 Å². The molecule has 0 unspecified atom stereocenters. The minimum atomic E-state index is 0.0994. The van der Waals surface area contributed by atoms with Crippen molar-refractivity contribution in [2.24, 2.45) is 5.92 Å². The van der Waals surface area contributed by atoms with Crippen molar-refractivity contribution in [3.63, 3.8) is 0 Å². The number of anilines is 1. The van der Waals surface area contributed by atoms with Crippen molar-refractivity contribution in [2.75, 3.05) is 18.4 Å². The molecule has 2 heterocycles. The zero-order valence-corrected chi connectivity index (χ0v) is 15.2. The predicted octanol–water partition coefficient (Wildman–Crippen LogP) is 2.85. The van der Waals surface area contributed by atoms with E-state index in [1.807, 2.05) is 32.0 Å². The molecule has 0 radical (unpaired) electrons. The number of rotatable bonds is 5. The smallest absolute Gasteiger partial charge is 0.227 e. The van der Waals surface area contributed by atoms with E-state index in [1.54, 1.807) is 6.33 Å². The van der Waals surface area contributed by atoms with Gasteiger partial charge in [0.25, 0.3) is 0 Å².